The monoisotopic (exact) mass is 233 g/mol. The number of hydrogen-bond donors (Lipinski definition) is 2. The minimum absolute atomic E-state index is 0.167. The zero-order valence-electron chi connectivity index (χ0n) is 10.7. The first kappa shape index (κ1) is 12.4. The Hall–Kier alpha value is -1.06. The number of para-hydroxylation sites is 1. The fourth-order valence-corrected chi connectivity index (χ4v) is 2.66. The van der Waals surface area contributed by atoms with Gasteiger partial charge >= 0.3 is 0 Å². The number of piperidine rings is 1. The minimum atomic E-state index is 0.167. The number of nitrogens with one attached hydrogen (secondary N) is 1. The van der Waals surface area contributed by atoms with Gasteiger partial charge in [-0.15, -0.1) is 0 Å². The Balaban J connectivity index is 1.98. The van der Waals surface area contributed by atoms with Gasteiger partial charge in [-0.1, -0.05) is 25.1 Å². The Morgan fingerprint density at radius 1 is 1.24 bits per heavy atom. The van der Waals surface area contributed by atoms with Crippen molar-refractivity contribution in [2.75, 3.05) is 31.1 Å². The van der Waals surface area contributed by atoms with Gasteiger partial charge in [0.05, 0.1) is 0 Å². The van der Waals surface area contributed by atoms with Gasteiger partial charge in [0, 0.05) is 30.9 Å². The van der Waals surface area contributed by atoms with Crippen LogP contribution < -0.4 is 16.0 Å². The van der Waals surface area contributed by atoms with Gasteiger partial charge < -0.3 is 16.0 Å². The summed E-state index contributed by atoms with van der Waals surface area (Å²) >= 11 is 0. The Labute approximate surface area is 104 Å². The van der Waals surface area contributed by atoms with Crippen LogP contribution in [0.3, 0.4) is 0 Å². The van der Waals surface area contributed by atoms with E-state index in [1.165, 1.54) is 5.69 Å². The summed E-state index contributed by atoms with van der Waals surface area (Å²) in [5, 5.41) is 3.57. The lowest BCUT2D eigenvalue weighted by Crippen LogP contribution is -2.57. The van der Waals surface area contributed by atoms with Crippen molar-refractivity contribution in [2.24, 2.45) is 5.73 Å². The molecule has 0 saturated carbocycles. The molecule has 0 atom stereocenters. The molecule has 2 rings (SSSR count). The van der Waals surface area contributed by atoms with Crippen LogP contribution in [0.2, 0.25) is 0 Å². The summed E-state index contributed by atoms with van der Waals surface area (Å²) in [5.41, 5.74) is 7.42. The topological polar surface area (TPSA) is 41.3 Å². The van der Waals surface area contributed by atoms with E-state index in [-0.39, 0.29) is 5.54 Å². The normalized spacial score (nSPS) is 19.3. The number of nitrogens with zero attached hydrogens (tertiary/aromatic N) is 1. The molecular formula is C14H23N3. The van der Waals surface area contributed by atoms with Gasteiger partial charge in [0.25, 0.3) is 0 Å². The average Bonchev–Trinajstić information content (AvgIpc) is 2.41. The number of rotatable bonds is 4. The van der Waals surface area contributed by atoms with E-state index >= 15 is 0 Å². The van der Waals surface area contributed by atoms with Gasteiger partial charge in [-0.05, 0) is 31.5 Å². The Bertz CT molecular complexity index is 329. The SMILES string of the molecule is CCNC1(CN)CCN(c2ccccc2)CC1. The van der Waals surface area contributed by atoms with Crippen molar-refractivity contribution in [3.63, 3.8) is 0 Å². The van der Waals surface area contributed by atoms with Gasteiger partial charge in [0.1, 0.15) is 0 Å². The van der Waals surface area contributed by atoms with Gasteiger partial charge in [0.2, 0.25) is 0 Å². The molecule has 1 aromatic carbocycles. The van der Waals surface area contributed by atoms with Gasteiger partial charge in [-0.25, -0.2) is 0 Å². The van der Waals surface area contributed by atoms with Crippen LogP contribution in [0.5, 0.6) is 0 Å². The first-order chi connectivity index (χ1) is 8.29. The molecule has 1 fully saturated rings. The van der Waals surface area contributed by atoms with Crippen molar-refractivity contribution in [1.29, 1.82) is 0 Å². The molecule has 1 saturated heterocycles. The molecule has 0 amide bonds. The molecule has 94 valence electrons. The number of anilines is 1. The summed E-state index contributed by atoms with van der Waals surface area (Å²) < 4.78 is 0. The standard InChI is InChI=1S/C14H23N3/c1-2-16-14(12-15)8-10-17(11-9-14)13-6-4-3-5-7-13/h3-7,16H,2,8-12,15H2,1H3. The highest BCUT2D eigenvalue weighted by Crippen LogP contribution is 2.25. The molecule has 0 radical (unpaired) electrons. The summed E-state index contributed by atoms with van der Waals surface area (Å²) in [4.78, 5) is 2.45. The van der Waals surface area contributed by atoms with E-state index < -0.39 is 0 Å². The van der Waals surface area contributed by atoms with Crippen LogP contribution in [0.25, 0.3) is 0 Å². The minimum Gasteiger partial charge on any atom is -0.371 e. The summed E-state index contributed by atoms with van der Waals surface area (Å²) in [6, 6.07) is 10.6. The van der Waals surface area contributed by atoms with Crippen LogP contribution in [-0.4, -0.2) is 31.7 Å². The van der Waals surface area contributed by atoms with E-state index in [9.17, 15) is 0 Å². The lowest BCUT2D eigenvalue weighted by atomic mass is 9.87. The summed E-state index contributed by atoms with van der Waals surface area (Å²) in [5.74, 6) is 0. The Morgan fingerprint density at radius 3 is 2.41 bits per heavy atom. The Kier molecular flexibility index (Phi) is 4.02. The van der Waals surface area contributed by atoms with Crippen molar-refractivity contribution in [3.05, 3.63) is 30.3 Å². The quantitative estimate of drug-likeness (QED) is 0.830. The van der Waals surface area contributed by atoms with E-state index in [4.69, 9.17) is 5.73 Å². The second-order valence-corrected chi connectivity index (χ2v) is 4.84. The molecule has 3 N–H and O–H groups in total. The number of nitrogens with two attached hydrogens (primary N) is 1. The molecule has 0 spiro atoms. The van der Waals surface area contributed by atoms with E-state index in [1.807, 2.05) is 0 Å². The fourth-order valence-electron chi connectivity index (χ4n) is 2.66. The molecule has 1 aliphatic rings. The third-order valence-electron chi connectivity index (χ3n) is 3.78. The fraction of sp³-hybridized carbons (Fsp3) is 0.571. The molecule has 0 aromatic heterocycles. The zero-order chi connectivity index (χ0) is 12.1. The van der Waals surface area contributed by atoms with E-state index in [0.29, 0.717) is 0 Å². The number of hydrogen-bond acceptors (Lipinski definition) is 3. The lowest BCUT2D eigenvalue weighted by Gasteiger charge is -2.42. The van der Waals surface area contributed by atoms with Crippen molar-refractivity contribution in [2.45, 2.75) is 25.3 Å². The smallest absolute Gasteiger partial charge is 0.0366 e. The summed E-state index contributed by atoms with van der Waals surface area (Å²) in [7, 11) is 0. The summed E-state index contributed by atoms with van der Waals surface area (Å²) in [6.45, 7) is 6.08. The third kappa shape index (κ3) is 2.79. The lowest BCUT2D eigenvalue weighted by molar-refractivity contribution is 0.272. The third-order valence-corrected chi connectivity index (χ3v) is 3.78. The predicted molar refractivity (Wildman–Crippen MR) is 73.4 cm³/mol. The zero-order valence-corrected chi connectivity index (χ0v) is 10.7. The van der Waals surface area contributed by atoms with Crippen molar-refractivity contribution in [3.8, 4) is 0 Å². The van der Waals surface area contributed by atoms with E-state index in [0.717, 1.165) is 39.0 Å². The molecule has 1 heterocycles. The average molecular weight is 233 g/mol. The van der Waals surface area contributed by atoms with Gasteiger partial charge in [-0.2, -0.15) is 0 Å². The molecule has 3 nitrogen and oxygen atoms in total. The number of benzene rings is 1. The second kappa shape index (κ2) is 5.52. The highest BCUT2D eigenvalue weighted by Gasteiger charge is 2.32. The van der Waals surface area contributed by atoms with Crippen molar-refractivity contribution in [1.82, 2.24) is 5.32 Å². The van der Waals surface area contributed by atoms with Crippen LogP contribution in [-0.2, 0) is 0 Å². The van der Waals surface area contributed by atoms with Crippen LogP contribution in [0.1, 0.15) is 19.8 Å². The maximum Gasteiger partial charge on any atom is 0.0366 e. The number of likely N-dealkylation sites (N-methyl/N-ethyl adjacent to an activating group) is 1. The molecule has 0 aliphatic carbocycles. The van der Waals surface area contributed by atoms with Crippen LogP contribution in [0.4, 0.5) is 5.69 Å². The van der Waals surface area contributed by atoms with Crippen LogP contribution >= 0.6 is 0 Å². The van der Waals surface area contributed by atoms with E-state index in [1.54, 1.807) is 0 Å². The van der Waals surface area contributed by atoms with Crippen molar-refractivity contribution < 1.29 is 0 Å². The van der Waals surface area contributed by atoms with Crippen LogP contribution in [0, 0.1) is 0 Å². The van der Waals surface area contributed by atoms with E-state index in [2.05, 4.69) is 47.5 Å². The molecule has 0 unspecified atom stereocenters. The second-order valence-electron chi connectivity index (χ2n) is 4.84. The molecule has 17 heavy (non-hydrogen) atoms. The molecule has 1 aliphatic heterocycles. The predicted octanol–water partition coefficient (Wildman–Crippen LogP) is 1.59. The first-order valence-electron chi connectivity index (χ1n) is 6.55. The molecule has 1 aromatic rings. The van der Waals surface area contributed by atoms with Gasteiger partial charge in [0.15, 0.2) is 0 Å². The molecule has 0 bridgehead atoms. The molecule has 3 heteroatoms. The van der Waals surface area contributed by atoms with Crippen LogP contribution in [0.15, 0.2) is 30.3 Å². The van der Waals surface area contributed by atoms with Gasteiger partial charge in [-0.3, -0.25) is 0 Å². The highest BCUT2D eigenvalue weighted by atomic mass is 15.2. The highest BCUT2D eigenvalue weighted by molar-refractivity contribution is 5.46. The van der Waals surface area contributed by atoms with Crippen molar-refractivity contribution >= 4 is 5.69 Å². The molecular weight excluding hydrogens is 210 g/mol. The Morgan fingerprint density at radius 2 is 1.88 bits per heavy atom. The maximum absolute atomic E-state index is 5.93. The first-order valence-corrected chi connectivity index (χ1v) is 6.55. The summed E-state index contributed by atoms with van der Waals surface area (Å²) in [6.07, 6.45) is 2.26. The largest absolute Gasteiger partial charge is 0.371 e. The maximum atomic E-state index is 5.93.